The van der Waals surface area contributed by atoms with Gasteiger partial charge in [0.2, 0.25) is 11.8 Å². The zero-order chi connectivity index (χ0) is 30.4. The second kappa shape index (κ2) is 11.1. The SMILES string of the molecule is Cc1cc(C)c(/C=C/C(=O)N2CCC3(CC2)C(NC(=O)C2CC(c4ccc(OC(F)(F)F)cc4)C2)CS3(=O)=O)c(C)c1. The number of alkyl halides is 3. The van der Waals surface area contributed by atoms with Crippen molar-refractivity contribution in [3.8, 4) is 5.75 Å². The minimum atomic E-state index is -4.75. The molecule has 1 spiro atoms. The summed E-state index contributed by atoms with van der Waals surface area (Å²) >= 11 is 0. The predicted octanol–water partition coefficient (Wildman–Crippen LogP) is 4.99. The van der Waals surface area contributed by atoms with E-state index in [0.717, 1.165) is 27.8 Å². The number of ether oxygens (including phenoxy) is 1. The normalized spacial score (nSPS) is 24.6. The van der Waals surface area contributed by atoms with Crippen LogP contribution in [0.5, 0.6) is 5.75 Å². The van der Waals surface area contributed by atoms with E-state index in [0.29, 0.717) is 25.9 Å². The molecule has 1 saturated carbocycles. The molecule has 1 N–H and O–H groups in total. The molecular formula is C31H35F3N2O5S. The number of likely N-dealkylation sites (tertiary alicyclic amines) is 1. The van der Waals surface area contributed by atoms with E-state index in [4.69, 9.17) is 0 Å². The Morgan fingerprint density at radius 2 is 1.62 bits per heavy atom. The number of aryl methyl sites for hydroxylation is 3. The predicted molar refractivity (Wildman–Crippen MR) is 153 cm³/mol. The maximum absolute atomic E-state index is 13.0. The van der Waals surface area contributed by atoms with E-state index in [1.807, 2.05) is 26.8 Å². The molecule has 11 heteroatoms. The Hall–Kier alpha value is -3.34. The molecule has 226 valence electrons. The van der Waals surface area contributed by atoms with E-state index in [9.17, 15) is 31.2 Å². The molecule has 3 aliphatic rings. The first-order chi connectivity index (χ1) is 19.7. The van der Waals surface area contributed by atoms with Crippen molar-refractivity contribution in [1.82, 2.24) is 10.2 Å². The zero-order valence-corrected chi connectivity index (χ0v) is 24.6. The topological polar surface area (TPSA) is 92.8 Å². The number of sulfone groups is 1. The Morgan fingerprint density at radius 1 is 1.02 bits per heavy atom. The van der Waals surface area contributed by atoms with Gasteiger partial charge < -0.3 is 15.0 Å². The van der Waals surface area contributed by atoms with Crippen LogP contribution in [0.15, 0.2) is 42.5 Å². The lowest BCUT2D eigenvalue weighted by molar-refractivity contribution is -0.274. The number of amides is 2. The fraction of sp³-hybridized carbons (Fsp3) is 0.484. The van der Waals surface area contributed by atoms with E-state index < -0.39 is 27.0 Å². The quantitative estimate of drug-likeness (QED) is 0.469. The van der Waals surface area contributed by atoms with Crippen molar-refractivity contribution in [2.24, 2.45) is 5.92 Å². The van der Waals surface area contributed by atoms with Gasteiger partial charge in [-0.25, -0.2) is 8.42 Å². The lowest BCUT2D eigenvalue weighted by Crippen LogP contribution is -2.73. The highest BCUT2D eigenvalue weighted by atomic mass is 32.2. The van der Waals surface area contributed by atoms with Gasteiger partial charge in [-0.2, -0.15) is 0 Å². The Kier molecular flexibility index (Phi) is 7.93. The van der Waals surface area contributed by atoms with Crippen LogP contribution in [-0.2, 0) is 19.4 Å². The van der Waals surface area contributed by atoms with Crippen LogP contribution in [0, 0.1) is 26.7 Å². The van der Waals surface area contributed by atoms with Gasteiger partial charge in [-0.1, -0.05) is 29.8 Å². The number of halogens is 3. The summed E-state index contributed by atoms with van der Waals surface area (Å²) in [6.07, 6.45) is 0.206. The average molecular weight is 605 g/mol. The average Bonchev–Trinajstić information content (AvgIpc) is 2.87. The highest BCUT2D eigenvalue weighted by Gasteiger charge is 2.61. The molecule has 3 fully saturated rings. The molecule has 2 aliphatic heterocycles. The Balaban J connectivity index is 1.14. The van der Waals surface area contributed by atoms with Gasteiger partial charge in [0.1, 0.15) is 5.75 Å². The Morgan fingerprint density at radius 3 is 2.17 bits per heavy atom. The molecule has 1 atom stereocenters. The largest absolute Gasteiger partial charge is 0.573 e. The number of hydrogen-bond donors (Lipinski definition) is 1. The van der Waals surface area contributed by atoms with Crippen LogP contribution in [0.2, 0.25) is 0 Å². The number of nitrogens with one attached hydrogen (secondary N) is 1. The van der Waals surface area contributed by atoms with E-state index in [2.05, 4.69) is 22.2 Å². The number of piperidine rings is 1. The number of carbonyl (C=O) groups is 2. The summed E-state index contributed by atoms with van der Waals surface area (Å²) in [5, 5.41) is 2.97. The van der Waals surface area contributed by atoms with Gasteiger partial charge in [-0.15, -0.1) is 13.2 Å². The first-order valence-electron chi connectivity index (χ1n) is 14.1. The fourth-order valence-electron chi connectivity index (χ4n) is 6.64. The molecule has 0 radical (unpaired) electrons. The van der Waals surface area contributed by atoms with Gasteiger partial charge in [0, 0.05) is 25.1 Å². The van der Waals surface area contributed by atoms with Crippen molar-refractivity contribution in [2.75, 3.05) is 18.8 Å². The van der Waals surface area contributed by atoms with E-state index in [1.54, 1.807) is 23.1 Å². The van der Waals surface area contributed by atoms with E-state index in [-0.39, 0.29) is 48.0 Å². The van der Waals surface area contributed by atoms with Crippen LogP contribution in [0.4, 0.5) is 13.2 Å². The van der Waals surface area contributed by atoms with Gasteiger partial charge in [0.05, 0.1) is 16.5 Å². The molecule has 42 heavy (non-hydrogen) atoms. The molecule has 1 aliphatic carbocycles. The summed E-state index contributed by atoms with van der Waals surface area (Å²) < 4.78 is 65.9. The van der Waals surface area contributed by atoms with E-state index >= 15 is 0 Å². The number of nitrogens with zero attached hydrogens (tertiary/aromatic N) is 1. The number of benzene rings is 2. The van der Waals surface area contributed by atoms with Crippen LogP contribution in [0.3, 0.4) is 0 Å². The van der Waals surface area contributed by atoms with Crippen molar-refractivity contribution >= 4 is 27.7 Å². The van der Waals surface area contributed by atoms with E-state index in [1.165, 1.54) is 12.1 Å². The van der Waals surface area contributed by atoms with Crippen LogP contribution in [-0.4, -0.2) is 61.1 Å². The Bertz CT molecular complexity index is 1480. The minimum Gasteiger partial charge on any atom is -0.406 e. The molecule has 7 nitrogen and oxygen atoms in total. The molecule has 0 bridgehead atoms. The number of carbonyl (C=O) groups excluding carboxylic acids is 2. The van der Waals surface area contributed by atoms with Crippen molar-refractivity contribution in [3.63, 3.8) is 0 Å². The molecule has 2 aromatic rings. The summed E-state index contributed by atoms with van der Waals surface area (Å²) in [4.78, 5) is 27.6. The van der Waals surface area contributed by atoms with Gasteiger partial charge in [-0.3, -0.25) is 9.59 Å². The standard InChI is InChI=1S/C31H35F3N2O5S/c1-19-14-20(2)26(21(3)15-19)8-9-28(37)36-12-10-30(11-13-36)27(18-42(30,39)40)35-29(38)24-16-23(17-24)22-4-6-25(7-5-22)41-31(32,33)34/h4-9,14-15,23-24,27H,10-13,16-18H2,1-3H3,(H,35,38)/b9-8+. The minimum absolute atomic E-state index is 0.0366. The Labute approximate surface area is 244 Å². The van der Waals surface area contributed by atoms with Crippen molar-refractivity contribution in [1.29, 1.82) is 0 Å². The molecule has 5 rings (SSSR count). The van der Waals surface area contributed by atoms with Crippen LogP contribution >= 0.6 is 0 Å². The lowest BCUT2D eigenvalue weighted by atomic mass is 9.71. The summed E-state index contributed by atoms with van der Waals surface area (Å²) in [6, 6.07) is 9.29. The second-order valence-electron chi connectivity index (χ2n) is 11.9. The smallest absolute Gasteiger partial charge is 0.406 e. The van der Waals surface area contributed by atoms with Crippen LogP contribution < -0.4 is 10.1 Å². The molecule has 2 heterocycles. The molecule has 2 amide bonds. The second-order valence-corrected chi connectivity index (χ2v) is 14.2. The van der Waals surface area contributed by atoms with Gasteiger partial charge in [0.25, 0.3) is 0 Å². The summed E-state index contributed by atoms with van der Waals surface area (Å²) in [5.74, 6) is -1.03. The van der Waals surface area contributed by atoms with Crippen molar-refractivity contribution < 1.29 is 35.9 Å². The molecule has 2 saturated heterocycles. The highest BCUT2D eigenvalue weighted by molar-refractivity contribution is 7.94. The lowest BCUT2D eigenvalue weighted by Gasteiger charge is -2.53. The third-order valence-corrected chi connectivity index (χ3v) is 11.8. The maximum atomic E-state index is 13.0. The van der Waals surface area contributed by atoms with Crippen molar-refractivity contribution in [3.05, 3.63) is 70.3 Å². The fourth-order valence-corrected chi connectivity index (χ4v) is 8.90. The first-order valence-corrected chi connectivity index (χ1v) is 15.8. The number of rotatable bonds is 6. The van der Waals surface area contributed by atoms with Crippen molar-refractivity contribution in [2.45, 2.75) is 69.5 Å². The summed E-state index contributed by atoms with van der Waals surface area (Å²) in [5.41, 5.74) is 5.15. The number of hydrogen-bond acceptors (Lipinski definition) is 5. The third kappa shape index (κ3) is 5.93. The molecule has 2 aromatic carbocycles. The van der Waals surface area contributed by atoms with Gasteiger partial charge >= 0.3 is 6.36 Å². The first kappa shape index (κ1) is 30.1. The summed E-state index contributed by atoms with van der Waals surface area (Å²) in [7, 11) is -3.41. The van der Waals surface area contributed by atoms with Gasteiger partial charge in [-0.05, 0) is 92.8 Å². The van der Waals surface area contributed by atoms with Gasteiger partial charge in [0.15, 0.2) is 9.84 Å². The van der Waals surface area contributed by atoms with Crippen LogP contribution in [0.1, 0.15) is 59.4 Å². The molecule has 0 aromatic heterocycles. The third-order valence-electron chi connectivity index (χ3n) is 9.10. The maximum Gasteiger partial charge on any atom is 0.573 e. The molecule has 1 unspecified atom stereocenters. The van der Waals surface area contributed by atoms with Crippen LogP contribution in [0.25, 0.3) is 6.08 Å². The highest BCUT2D eigenvalue weighted by Crippen LogP contribution is 2.45. The summed E-state index contributed by atoms with van der Waals surface area (Å²) in [6.45, 7) is 6.62. The zero-order valence-electron chi connectivity index (χ0n) is 23.8. The monoisotopic (exact) mass is 604 g/mol. The molecular weight excluding hydrogens is 569 g/mol.